The Hall–Kier alpha value is -2.34. The number of carbonyl (C=O) groups excluding carboxylic acids is 1. The highest BCUT2D eigenvalue weighted by Crippen LogP contribution is 2.41. The molecule has 0 saturated carbocycles. The van der Waals surface area contributed by atoms with Crippen LogP contribution >= 0.6 is 0 Å². The number of fused-ring (bicyclic) bond motifs is 1. The Morgan fingerprint density at radius 3 is 2.24 bits per heavy atom. The SMILES string of the molecule is CC(C)CC(O)CN1CC(=O)C(=C2N(C)c3ccccc3N2C)C1=N. The molecule has 1 aromatic carbocycles. The molecule has 0 aliphatic carbocycles. The van der Waals surface area contributed by atoms with Crippen LogP contribution in [0.3, 0.4) is 0 Å². The van der Waals surface area contributed by atoms with Gasteiger partial charge in [-0.05, 0) is 24.5 Å². The third-order valence-electron chi connectivity index (χ3n) is 4.80. The highest BCUT2D eigenvalue weighted by Gasteiger charge is 2.39. The number of aliphatic hydroxyl groups excluding tert-OH is 1. The topological polar surface area (TPSA) is 70.9 Å². The molecule has 0 amide bonds. The Morgan fingerprint density at radius 1 is 1.16 bits per heavy atom. The van der Waals surface area contributed by atoms with Crippen molar-refractivity contribution in [1.82, 2.24) is 4.90 Å². The fourth-order valence-electron chi connectivity index (χ4n) is 3.70. The number of ketones is 1. The number of para-hydroxylation sites is 2. The van der Waals surface area contributed by atoms with Gasteiger partial charge < -0.3 is 19.8 Å². The van der Waals surface area contributed by atoms with E-state index < -0.39 is 6.10 Å². The first-order valence-electron chi connectivity index (χ1n) is 8.67. The molecule has 1 saturated heterocycles. The lowest BCUT2D eigenvalue weighted by atomic mass is 10.1. The molecule has 1 fully saturated rings. The van der Waals surface area contributed by atoms with E-state index in [9.17, 15) is 9.90 Å². The maximum absolute atomic E-state index is 12.7. The van der Waals surface area contributed by atoms with Crippen LogP contribution in [0, 0.1) is 11.3 Å². The van der Waals surface area contributed by atoms with Gasteiger partial charge >= 0.3 is 0 Å². The van der Waals surface area contributed by atoms with Gasteiger partial charge in [-0.25, -0.2) is 0 Å². The zero-order valence-electron chi connectivity index (χ0n) is 15.3. The zero-order chi connectivity index (χ0) is 18.3. The molecule has 1 unspecified atom stereocenters. The smallest absolute Gasteiger partial charge is 0.189 e. The number of hydrogen-bond acceptors (Lipinski definition) is 5. The Labute approximate surface area is 148 Å². The number of benzene rings is 1. The van der Waals surface area contributed by atoms with E-state index in [1.165, 1.54) is 0 Å². The van der Waals surface area contributed by atoms with Crippen LogP contribution in [0.5, 0.6) is 0 Å². The number of aliphatic hydroxyl groups is 1. The van der Waals surface area contributed by atoms with Crippen molar-refractivity contribution in [2.24, 2.45) is 5.92 Å². The molecule has 0 radical (unpaired) electrons. The summed E-state index contributed by atoms with van der Waals surface area (Å²) in [6.45, 7) is 4.58. The Morgan fingerprint density at radius 2 is 1.72 bits per heavy atom. The van der Waals surface area contributed by atoms with Crippen LogP contribution in [0.25, 0.3) is 0 Å². The van der Waals surface area contributed by atoms with Crippen molar-refractivity contribution in [3.05, 3.63) is 35.7 Å². The first-order chi connectivity index (χ1) is 11.8. The minimum atomic E-state index is -0.534. The van der Waals surface area contributed by atoms with E-state index in [0.29, 0.717) is 24.5 Å². The van der Waals surface area contributed by atoms with Gasteiger partial charge in [0.25, 0.3) is 0 Å². The van der Waals surface area contributed by atoms with Crippen molar-refractivity contribution in [1.29, 1.82) is 5.41 Å². The molecular formula is C19H26N4O2. The average Bonchev–Trinajstić information content (AvgIpc) is 2.94. The highest BCUT2D eigenvalue weighted by atomic mass is 16.3. The summed E-state index contributed by atoms with van der Waals surface area (Å²) in [7, 11) is 3.84. The number of amidine groups is 1. The van der Waals surface area contributed by atoms with Gasteiger partial charge in [0.2, 0.25) is 0 Å². The summed E-state index contributed by atoms with van der Waals surface area (Å²) in [6, 6.07) is 7.94. The normalized spacial score (nSPS) is 18.7. The summed E-state index contributed by atoms with van der Waals surface area (Å²) < 4.78 is 0. The van der Waals surface area contributed by atoms with Gasteiger partial charge in [-0.1, -0.05) is 26.0 Å². The number of anilines is 2. The van der Waals surface area contributed by atoms with E-state index in [1.54, 1.807) is 4.90 Å². The maximum atomic E-state index is 12.7. The van der Waals surface area contributed by atoms with Gasteiger partial charge in [-0.15, -0.1) is 0 Å². The number of carbonyl (C=O) groups is 1. The van der Waals surface area contributed by atoms with Crippen molar-refractivity contribution in [2.75, 3.05) is 37.0 Å². The predicted octanol–water partition coefficient (Wildman–Crippen LogP) is 2.05. The quantitative estimate of drug-likeness (QED) is 0.820. The second-order valence-corrected chi connectivity index (χ2v) is 7.24. The number of nitrogens with zero attached hydrogens (tertiary/aromatic N) is 3. The van der Waals surface area contributed by atoms with Crippen LogP contribution in [-0.2, 0) is 4.79 Å². The Bertz CT molecular complexity index is 710. The molecule has 6 nitrogen and oxygen atoms in total. The van der Waals surface area contributed by atoms with Gasteiger partial charge in [-0.2, -0.15) is 0 Å². The highest BCUT2D eigenvalue weighted by molar-refractivity contribution is 6.27. The molecule has 2 aliphatic heterocycles. The predicted molar refractivity (Wildman–Crippen MR) is 100 cm³/mol. The standard InChI is InChI=1S/C19H26N4O2/c1-12(2)9-13(24)10-23-11-16(25)17(18(23)20)19-21(3)14-7-5-6-8-15(14)22(19)4/h5-8,12-13,20,24H,9-11H2,1-4H3. The van der Waals surface area contributed by atoms with E-state index >= 15 is 0 Å². The number of rotatable bonds is 4. The number of hydrogen-bond donors (Lipinski definition) is 2. The largest absolute Gasteiger partial charge is 0.391 e. The molecule has 25 heavy (non-hydrogen) atoms. The second kappa shape index (κ2) is 6.52. The fraction of sp³-hybridized carbons (Fsp3) is 0.474. The monoisotopic (exact) mass is 342 g/mol. The van der Waals surface area contributed by atoms with E-state index in [1.807, 2.05) is 48.2 Å². The van der Waals surface area contributed by atoms with Crippen LogP contribution in [0.2, 0.25) is 0 Å². The molecule has 1 atom stereocenters. The maximum Gasteiger partial charge on any atom is 0.189 e. The minimum absolute atomic E-state index is 0.0664. The summed E-state index contributed by atoms with van der Waals surface area (Å²) in [5, 5.41) is 18.7. The van der Waals surface area contributed by atoms with E-state index in [4.69, 9.17) is 5.41 Å². The summed E-state index contributed by atoms with van der Waals surface area (Å²) in [5.41, 5.74) is 2.47. The van der Waals surface area contributed by atoms with Crippen LogP contribution in [0.1, 0.15) is 20.3 Å². The molecule has 3 rings (SSSR count). The van der Waals surface area contributed by atoms with Crippen LogP contribution in [0.4, 0.5) is 11.4 Å². The number of Topliss-reactive ketones (excluding diaryl/α,β-unsaturated/α-hetero) is 1. The summed E-state index contributed by atoms with van der Waals surface area (Å²) in [6.07, 6.45) is 0.128. The summed E-state index contributed by atoms with van der Waals surface area (Å²) in [4.78, 5) is 18.3. The molecule has 1 aromatic rings. The summed E-state index contributed by atoms with van der Waals surface area (Å²) >= 11 is 0. The molecular weight excluding hydrogens is 316 g/mol. The molecule has 134 valence electrons. The first-order valence-corrected chi connectivity index (χ1v) is 8.67. The molecule has 0 aromatic heterocycles. The lowest BCUT2D eigenvalue weighted by molar-refractivity contribution is -0.114. The lowest BCUT2D eigenvalue weighted by Gasteiger charge is -2.23. The number of likely N-dealkylation sites (tertiary alicyclic amines) is 1. The molecule has 6 heteroatoms. The average molecular weight is 342 g/mol. The van der Waals surface area contributed by atoms with Gasteiger partial charge in [-0.3, -0.25) is 10.2 Å². The van der Waals surface area contributed by atoms with Gasteiger partial charge in [0.15, 0.2) is 5.78 Å². The Kier molecular flexibility index (Phi) is 4.56. The molecule has 2 heterocycles. The molecule has 2 N–H and O–H groups in total. The zero-order valence-corrected chi connectivity index (χ0v) is 15.3. The van der Waals surface area contributed by atoms with Crippen LogP contribution < -0.4 is 9.80 Å². The fourth-order valence-corrected chi connectivity index (χ4v) is 3.70. The van der Waals surface area contributed by atoms with E-state index in [2.05, 4.69) is 13.8 Å². The first kappa shape index (κ1) is 17.5. The van der Waals surface area contributed by atoms with E-state index in [0.717, 1.165) is 17.2 Å². The van der Waals surface area contributed by atoms with Gasteiger partial charge in [0.1, 0.15) is 17.2 Å². The van der Waals surface area contributed by atoms with Crippen molar-refractivity contribution >= 4 is 23.0 Å². The molecule has 0 bridgehead atoms. The third kappa shape index (κ3) is 3.02. The Balaban J connectivity index is 1.89. The summed E-state index contributed by atoms with van der Waals surface area (Å²) in [5.74, 6) is 1.25. The number of nitrogens with one attached hydrogen (secondary N) is 1. The van der Waals surface area contributed by atoms with Gasteiger partial charge in [0, 0.05) is 20.6 Å². The van der Waals surface area contributed by atoms with Crippen molar-refractivity contribution < 1.29 is 9.90 Å². The van der Waals surface area contributed by atoms with Crippen LogP contribution in [-0.4, -0.2) is 54.9 Å². The third-order valence-corrected chi connectivity index (χ3v) is 4.80. The van der Waals surface area contributed by atoms with Crippen molar-refractivity contribution in [3.63, 3.8) is 0 Å². The second-order valence-electron chi connectivity index (χ2n) is 7.24. The molecule has 2 aliphatic rings. The van der Waals surface area contributed by atoms with E-state index in [-0.39, 0.29) is 18.2 Å². The minimum Gasteiger partial charge on any atom is -0.391 e. The van der Waals surface area contributed by atoms with Crippen molar-refractivity contribution in [3.8, 4) is 0 Å². The number of β-amino-alcohol motifs (C(OH)–C–C–N with tert-alkyl or cyclic N) is 1. The lowest BCUT2D eigenvalue weighted by Crippen LogP contribution is -2.35. The van der Waals surface area contributed by atoms with Crippen molar-refractivity contribution in [2.45, 2.75) is 26.4 Å². The van der Waals surface area contributed by atoms with Gasteiger partial charge in [0.05, 0.1) is 24.0 Å². The molecule has 0 spiro atoms. The van der Waals surface area contributed by atoms with Crippen LogP contribution in [0.15, 0.2) is 35.7 Å².